The molecule has 0 aromatic rings. The van der Waals surface area contributed by atoms with Gasteiger partial charge in [-0.25, -0.2) is 0 Å². The van der Waals surface area contributed by atoms with Crippen molar-refractivity contribution in [2.45, 2.75) is 91.1 Å². The highest BCUT2D eigenvalue weighted by Crippen LogP contribution is 2.67. The largest absolute Gasteiger partial charge is 0.393 e. The van der Waals surface area contributed by atoms with Crippen molar-refractivity contribution in [1.82, 2.24) is 4.90 Å². The van der Waals surface area contributed by atoms with Crippen LogP contribution in [0.15, 0.2) is 11.6 Å². The summed E-state index contributed by atoms with van der Waals surface area (Å²) in [6.45, 7) is 10.5. The summed E-state index contributed by atoms with van der Waals surface area (Å²) < 4.78 is 5.41. The van der Waals surface area contributed by atoms with Gasteiger partial charge in [-0.1, -0.05) is 32.4 Å². The molecule has 1 amide bonds. The van der Waals surface area contributed by atoms with E-state index in [9.17, 15) is 9.90 Å². The maximum atomic E-state index is 12.7. The smallest absolute Gasteiger partial charge is 0.222 e. The van der Waals surface area contributed by atoms with Crippen molar-refractivity contribution in [1.29, 1.82) is 0 Å². The van der Waals surface area contributed by atoms with Crippen molar-refractivity contribution >= 4 is 5.91 Å². The van der Waals surface area contributed by atoms with Gasteiger partial charge in [0.25, 0.3) is 0 Å². The molecule has 32 heavy (non-hydrogen) atoms. The summed E-state index contributed by atoms with van der Waals surface area (Å²) >= 11 is 0. The lowest BCUT2D eigenvalue weighted by atomic mass is 9.47. The van der Waals surface area contributed by atoms with E-state index in [-0.39, 0.29) is 6.10 Å². The predicted molar refractivity (Wildman–Crippen MR) is 127 cm³/mol. The number of rotatable bonds is 4. The lowest BCUT2D eigenvalue weighted by molar-refractivity contribution is -0.135. The van der Waals surface area contributed by atoms with E-state index in [1.807, 2.05) is 4.90 Å². The van der Waals surface area contributed by atoms with E-state index in [0.717, 1.165) is 56.0 Å². The van der Waals surface area contributed by atoms with Crippen molar-refractivity contribution in [2.75, 3.05) is 26.3 Å². The summed E-state index contributed by atoms with van der Waals surface area (Å²) in [6, 6.07) is 0. The van der Waals surface area contributed by atoms with Gasteiger partial charge in [-0.2, -0.15) is 0 Å². The number of aliphatic hydroxyl groups is 1. The molecule has 1 heterocycles. The van der Waals surface area contributed by atoms with E-state index in [4.69, 9.17) is 4.74 Å². The van der Waals surface area contributed by atoms with Crippen molar-refractivity contribution in [3.05, 3.63) is 11.6 Å². The summed E-state index contributed by atoms with van der Waals surface area (Å²) in [7, 11) is 0. The molecule has 4 fully saturated rings. The van der Waals surface area contributed by atoms with Crippen LogP contribution in [0.1, 0.15) is 85.0 Å². The van der Waals surface area contributed by atoms with Crippen LogP contribution in [0.25, 0.3) is 0 Å². The topological polar surface area (TPSA) is 49.8 Å². The quantitative estimate of drug-likeness (QED) is 0.608. The third-order valence-electron chi connectivity index (χ3n) is 11.0. The lowest BCUT2D eigenvalue weighted by Gasteiger charge is -2.58. The highest BCUT2D eigenvalue weighted by molar-refractivity contribution is 5.76. The molecular formula is C28H45NO3. The third-order valence-corrected chi connectivity index (χ3v) is 11.0. The number of aliphatic hydroxyl groups excluding tert-OH is 1. The summed E-state index contributed by atoms with van der Waals surface area (Å²) in [5, 5.41) is 10.2. The van der Waals surface area contributed by atoms with Crippen LogP contribution >= 0.6 is 0 Å². The Labute approximate surface area is 195 Å². The minimum atomic E-state index is -0.114. The molecule has 4 heteroatoms. The standard InChI is InChI=1S/C28H45NO3/c1-19(4-9-26(31)29-14-16-32-17-15-29)23-7-8-24-22-6-5-20-18-21(30)10-12-27(20,2)25(22)11-13-28(23,24)3/h5,19,21-25,30H,4,6-18H2,1-3H3/t19?,21-,22-,23+,24-,25-,27-,28+/m0/s1. The second kappa shape index (κ2) is 8.73. The van der Waals surface area contributed by atoms with E-state index >= 15 is 0 Å². The maximum absolute atomic E-state index is 12.7. The number of ether oxygens (including phenoxy) is 1. The lowest BCUT2D eigenvalue weighted by Crippen LogP contribution is -2.50. The van der Waals surface area contributed by atoms with Gasteiger partial charge in [-0.3, -0.25) is 4.79 Å². The van der Waals surface area contributed by atoms with E-state index in [0.29, 0.717) is 42.3 Å². The third kappa shape index (κ3) is 3.78. The number of hydrogen-bond acceptors (Lipinski definition) is 3. The maximum Gasteiger partial charge on any atom is 0.222 e. The van der Waals surface area contributed by atoms with Crippen LogP contribution in [-0.2, 0) is 9.53 Å². The number of nitrogens with zero attached hydrogens (tertiary/aromatic N) is 1. The highest BCUT2D eigenvalue weighted by Gasteiger charge is 2.59. The van der Waals surface area contributed by atoms with Gasteiger partial charge >= 0.3 is 0 Å². The van der Waals surface area contributed by atoms with Gasteiger partial charge < -0.3 is 14.7 Å². The molecule has 1 N–H and O–H groups in total. The van der Waals surface area contributed by atoms with Gasteiger partial charge in [-0.15, -0.1) is 0 Å². The number of carbonyl (C=O) groups excluding carboxylic acids is 1. The summed E-state index contributed by atoms with van der Waals surface area (Å²) in [6.07, 6.45) is 13.9. The Morgan fingerprint density at radius 1 is 1.16 bits per heavy atom. The van der Waals surface area contributed by atoms with Gasteiger partial charge in [0, 0.05) is 19.5 Å². The Balaban J connectivity index is 1.25. The molecule has 0 spiro atoms. The monoisotopic (exact) mass is 443 g/mol. The fourth-order valence-corrected chi connectivity index (χ4v) is 9.14. The Hall–Kier alpha value is -0.870. The van der Waals surface area contributed by atoms with E-state index in [2.05, 4.69) is 26.8 Å². The molecular weight excluding hydrogens is 398 g/mol. The van der Waals surface area contributed by atoms with Crippen molar-refractivity contribution < 1.29 is 14.6 Å². The number of morpholine rings is 1. The normalized spacial score (nSPS) is 44.8. The van der Waals surface area contributed by atoms with Crippen LogP contribution in [-0.4, -0.2) is 48.3 Å². The van der Waals surface area contributed by atoms with Crippen LogP contribution in [0.4, 0.5) is 0 Å². The number of allylic oxidation sites excluding steroid dienone is 1. The zero-order valence-electron chi connectivity index (χ0n) is 20.7. The summed E-state index contributed by atoms with van der Waals surface area (Å²) in [5.74, 6) is 4.19. The summed E-state index contributed by atoms with van der Waals surface area (Å²) in [4.78, 5) is 14.7. The molecule has 1 unspecified atom stereocenters. The van der Waals surface area contributed by atoms with Gasteiger partial charge in [-0.05, 0) is 98.2 Å². The Bertz CT molecular complexity index is 743. The Morgan fingerprint density at radius 2 is 1.94 bits per heavy atom. The molecule has 8 atom stereocenters. The molecule has 1 aliphatic heterocycles. The fourth-order valence-electron chi connectivity index (χ4n) is 9.14. The van der Waals surface area contributed by atoms with Gasteiger partial charge in [0.2, 0.25) is 5.91 Å². The minimum Gasteiger partial charge on any atom is -0.393 e. The molecule has 180 valence electrons. The van der Waals surface area contributed by atoms with E-state index < -0.39 is 0 Å². The van der Waals surface area contributed by atoms with Gasteiger partial charge in [0.15, 0.2) is 0 Å². The molecule has 0 radical (unpaired) electrons. The second-order valence-electron chi connectivity index (χ2n) is 12.4. The first kappa shape index (κ1) is 22.9. The van der Waals surface area contributed by atoms with Gasteiger partial charge in [0.1, 0.15) is 0 Å². The SMILES string of the molecule is CC(CCC(=O)N1CCOCC1)[C@H]1CC[C@H]2[C@@H]3CC=C4C[C@@H](O)CC[C@]4(C)[C@H]3CC[C@]12C. The van der Waals surface area contributed by atoms with Crippen LogP contribution in [0, 0.1) is 40.4 Å². The molecule has 3 saturated carbocycles. The number of amides is 1. The molecule has 4 nitrogen and oxygen atoms in total. The minimum absolute atomic E-state index is 0.114. The van der Waals surface area contributed by atoms with Crippen molar-refractivity contribution in [3.63, 3.8) is 0 Å². The van der Waals surface area contributed by atoms with E-state index in [1.165, 1.54) is 38.5 Å². The summed E-state index contributed by atoms with van der Waals surface area (Å²) in [5.41, 5.74) is 2.35. The Kier molecular flexibility index (Phi) is 6.24. The van der Waals surface area contributed by atoms with Crippen molar-refractivity contribution in [2.24, 2.45) is 40.4 Å². The molecule has 5 rings (SSSR count). The van der Waals surface area contributed by atoms with Crippen LogP contribution in [0.2, 0.25) is 0 Å². The molecule has 1 saturated heterocycles. The Morgan fingerprint density at radius 3 is 2.72 bits per heavy atom. The second-order valence-corrected chi connectivity index (χ2v) is 12.4. The fraction of sp³-hybridized carbons (Fsp3) is 0.893. The first-order valence-corrected chi connectivity index (χ1v) is 13.6. The molecule has 4 aliphatic carbocycles. The number of hydrogen-bond donors (Lipinski definition) is 1. The molecule has 0 aromatic heterocycles. The average molecular weight is 444 g/mol. The van der Waals surface area contributed by atoms with Crippen LogP contribution in [0.5, 0.6) is 0 Å². The zero-order chi connectivity index (χ0) is 22.5. The zero-order valence-corrected chi connectivity index (χ0v) is 20.7. The molecule has 5 aliphatic rings. The number of carbonyl (C=O) groups is 1. The predicted octanol–water partition coefficient (Wildman–Crippen LogP) is 5.20. The first-order chi connectivity index (χ1) is 15.3. The number of fused-ring (bicyclic) bond motifs is 5. The van der Waals surface area contributed by atoms with Crippen LogP contribution < -0.4 is 0 Å². The molecule has 0 bridgehead atoms. The van der Waals surface area contributed by atoms with Crippen LogP contribution in [0.3, 0.4) is 0 Å². The van der Waals surface area contributed by atoms with E-state index in [1.54, 1.807) is 5.57 Å². The first-order valence-electron chi connectivity index (χ1n) is 13.6. The van der Waals surface area contributed by atoms with Crippen molar-refractivity contribution in [3.8, 4) is 0 Å². The van der Waals surface area contributed by atoms with Gasteiger partial charge in [0.05, 0.1) is 19.3 Å². The highest BCUT2D eigenvalue weighted by atomic mass is 16.5. The average Bonchev–Trinajstić information content (AvgIpc) is 3.15. The molecule has 0 aromatic carbocycles.